The Morgan fingerprint density at radius 3 is 1.66 bits per heavy atom. The maximum absolute atomic E-state index is 2.46. The van der Waals surface area contributed by atoms with Gasteiger partial charge < -0.3 is 4.57 Å². The van der Waals surface area contributed by atoms with Gasteiger partial charge in [-0.3, -0.25) is 0 Å². The molecule has 6 aromatic carbocycles. The number of para-hydroxylation sites is 1. The average molecular weight is 519 g/mol. The number of aromatic nitrogens is 1. The van der Waals surface area contributed by atoms with E-state index in [1.54, 1.807) is 0 Å². The summed E-state index contributed by atoms with van der Waals surface area (Å²) in [5, 5.41) is 10.5. The van der Waals surface area contributed by atoms with Gasteiger partial charge in [-0.15, -0.1) is 0 Å². The van der Waals surface area contributed by atoms with Crippen LogP contribution in [0.15, 0.2) is 109 Å². The molecule has 7 aromatic rings. The van der Waals surface area contributed by atoms with Gasteiger partial charge in [0.1, 0.15) is 0 Å². The summed E-state index contributed by atoms with van der Waals surface area (Å²) in [5.41, 5.74) is 3.70. The third-order valence-electron chi connectivity index (χ3n) is 6.63. The smallest absolute Gasteiger partial charge is 0.0551 e. The first-order chi connectivity index (χ1) is 15.8. The second kappa shape index (κ2) is 6.81. The second-order valence-electron chi connectivity index (χ2n) is 8.31. The fourth-order valence-corrected chi connectivity index (χ4v) is 6.06. The lowest BCUT2D eigenvalue weighted by atomic mass is 9.94. The second-order valence-corrected chi connectivity index (χ2v) is 9.47. The number of rotatable bonds is 1. The molecule has 150 valence electrons. The highest BCUT2D eigenvalue weighted by atomic mass is 127. The van der Waals surface area contributed by atoms with Crippen LogP contribution in [0.25, 0.3) is 59.8 Å². The van der Waals surface area contributed by atoms with Crippen LogP contribution in [0.3, 0.4) is 0 Å². The molecule has 1 nitrogen and oxygen atoms in total. The minimum Gasteiger partial charge on any atom is -0.309 e. The summed E-state index contributed by atoms with van der Waals surface area (Å²) >= 11 is 2.46. The highest BCUT2D eigenvalue weighted by Crippen LogP contribution is 2.38. The molecule has 0 aliphatic heterocycles. The van der Waals surface area contributed by atoms with E-state index in [4.69, 9.17) is 0 Å². The van der Waals surface area contributed by atoms with Gasteiger partial charge in [0.05, 0.1) is 11.0 Å². The quantitative estimate of drug-likeness (QED) is 0.151. The number of fused-ring (bicyclic) bond motifs is 9. The standard InChI is InChI=1S/C30H18IN/c31-27-13-7-15-29-30(27)25-12-5-6-14-28(25)32(29)19-16-17-24-22-10-2-1-8-20(22)21-9-3-4-11-23(21)26(24)18-19/h1-18H. The lowest BCUT2D eigenvalue weighted by Crippen LogP contribution is -1.94. The third-order valence-corrected chi connectivity index (χ3v) is 7.53. The Bertz CT molecular complexity index is 1810. The SMILES string of the molecule is Ic1cccc2c1c1ccccc1n2-c1ccc2c3ccccc3c3ccccc3c2c1. The molecular weight excluding hydrogens is 501 g/mol. The van der Waals surface area contributed by atoms with Gasteiger partial charge in [0.2, 0.25) is 0 Å². The van der Waals surface area contributed by atoms with E-state index in [1.807, 2.05) is 0 Å². The zero-order chi connectivity index (χ0) is 21.2. The summed E-state index contributed by atoms with van der Waals surface area (Å²) in [7, 11) is 0. The van der Waals surface area contributed by atoms with Gasteiger partial charge >= 0.3 is 0 Å². The van der Waals surface area contributed by atoms with Gasteiger partial charge in [-0.25, -0.2) is 0 Å². The molecule has 0 radical (unpaired) electrons. The lowest BCUT2D eigenvalue weighted by Gasteiger charge is -2.13. The molecule has 32 heavy (non-hydrogen) atoms. The maximum atomic E-state index is 2.46. The summed E-state index contributed by atoms with van der Waals surface area (Å²) in [6.45, 7) is 0. The molecular formula is C30H18IN. The molecule has 1 heterocycles. The normalized spacial score (nSPS) is 11.9. The molecule has 0 aliphatic rings. The van der Waals surface area contributed by atoms with E-state index in [1.165, 1.54) is 63.4 Å². The summed E-state index contributed by atoms with van der Waals surface area (Å²) in [6.07, 6.45) is 0. The van der Waals surface area contributed by atoms with Crippen molar-refractivity contribution in [1.29, 1.82) is 0 Å². The van der Waals surface area contributed by atoms with Crippen molar-refractivity contribution in [1.82, 2.24) is 4.57 Å². The summed E-state index contributed by atoms with van der Waals surface area (Å²) in [5.74, 6) is 0. The maximum Gasteiger partial charge on any atom is 0.0551 e. The molecule has 0 amide bonds. The van der Waals surface area contributed by atoms with Crippen molar-refractivity contribution in [2.24, 2.45) is 0 Å². The average Bonchev–Trinajstić information content (AvgIpc) is 3.19. The molecule has 0 bridgehead atoms. The predicted molar refractivity (Wildman–Crippen MR) is 146 cm³/mol. The van der Waals surface area contributed by atoms with Crippen LogP contribution in [0.1, 0.15) is 0 Å². The first-order valence-corrected chi connectivity index (χ1v) is 11.9. The third kappa shape index (κ3) is 2.44. The van der Waals surface area contributed by atoms with Gasteiger partial charge in [0.25, 0.3) is 0 Å². The van der Waals surface area contributed by atoms with Crippen LogP contribution in [0.4, 0.5) is 0 Å². The van der Waals surface area contributed by atoms with Crippen LogP contribution in [0.5, 0.6) is 0 Å². The van der Waals surface area contributed by atoms with E-state index in [2.05, 4.69) is 136 Å². The van der Waals surface area contributed by atoms with Crippen LogP contribution < -0.4 is 0 Å². The van der Waals surface area contributed by atoms with Gasteiger partial charge in [-0.05, 0) is 85.2 Å². The molecule has 2 heteroatoms. The highest BCUT2D eigenvalue weighted by Gasteiger charge is 2.15. The monoisotopic (exact) mass is 519 g/mol. The number of benzene rings is 6. The van der Waals surface area contributed by atoms with Crippen LogP contribution >= 0.6 is 22.6 Å². The van der Waals surface area contributed by atoms with Crippen LogP contribution in [-0.2, 0) is 0 Å². The molecule has 0 spiro atoms. The zero-order valence-corrected chi connectivity index (χ0v) is 19.4. The molecule has 0 saturated carbocycles. The number of hydrogen-bond acceptors (Lipinski definition) is 0. The van der Waals surface area contributed by atoms with Gasteiger partial charge in [-0.2, -0.15) is 0 Å². The Kier molecular flexibility index (Phi) is 3.88. The minimum atomic E-state index is 1.20. The van der Waals surface area contributed by atoms with Gasteiger partial charge in [0.15, 0.2) is 0 Å². The van der Waals surface area contributed by atoms with E-state index in [0.29, 0.717) is 0 Å². The number of nitrogens with zero attached hydrogens (tertiary/aromatic N) is 1. The molecule has 7 rings (SSSR count). The zero-order valence-electron chi connectivity index (χ0n) is 17.2. The van der Waals surface area contributed by atoms with Crippen molar-refractivity contribution in [3.05, 3.63) is 113 Å². The number of halogens is 1. The van der Waals surface area contributed by atoms with Crippen molar-refractivity contribution in [3.63, 3.8) is 0 Å². The van der Waals surface area contributed by atoms with E-state index < -0.39 is 0 Å². The summed E-state index contributed by atoms with van der Waals surface area (Å²) in [6, 6.07) is 39.8. The molecule has 0 saturated heterocycles. The molecule has 0 N–H and O–H groups in total. The van der Waals surface area contributed by atoms with Crippen molar-refractivity contribution in [2.45, 2.75) is 0 Å². The highest BCUT2D eigenvalue weighted by molar-refractivity contribution is 14.1. The summed E-state index contributed by atoms with van der Waals surface area (Å²) in [4.78, 5) is 0. The fourth-order valence-electron chi connectivity index (χ4n) is 5.29. The number of hydrogen-bond donors (Lipinski definition) is 0. The van der Waals surface area contributed by atoms with Crippen LogP contribution in [0.2, 0.25) is 0 Å². The summed E-state index contributed by atoms with van der Waals surface area (Å²) < 4.78 is 3.70. The Labute approximate surface area is 199 Å². The van der Waals surface area contributed by atoms with E-state index >= 15 is 0 Å². The predicted octanol–water partition coefficient (Wildman–Crippen LogP) is 8.85. The van der Waals surface area contributed by atoms with E-state index in [-0.39, 0.29) is 0 Å². The fraction of sp³-hybridized carbons (Fsp3) is 0. The van der Waals surface area contributed by atoms with Crippen molar-refractivity contribution >= 4 is 76.7 Å². The molecule has 1 aromatic heterocycles. The van der Waals surface area contributed by atoms with Crippen molar-refractivity contribution in [3.8, 4) is 5.69 Å². The van der Waals surface area contributed by atoms with Crippen LogP contribution in [-0.4, -0.2) is 4.57 Å². The largest absolute Gasteiger partial charge is 0.309 e. The topological polar surface area (TPSA) is 4.93 Å². The molecule has 0 fully saturated rings. The van der Waals surface area contributed by atoms with Crippen molar-refractivity contribution < 1.29 is 0 Å². The van der Waals surface area contributed by atoms with E-state index in [0.717, 1.165) is 0 Å². The van der Waals surface area contributed by atoms with Crippen molar-refractivity contribution in [2.75, 3.05) is 0 Å². The Morgan fingerprint density at radius 1 is 0.438 bits per heavy atom. The van der Waals surface area contributed by atoms with Gasteiger partial charge in [0, 0.05) is 20.0 Å². The first kappa shape index (κ1) is 18.2. The van der Waals surface area contributed by atoms with Crippen LogP contribution in [0, 0.1) is 3.57 Å². The molecule has 0 aliphatic carbocycles. The molecule has 0 atom stereocenters. The minimum absolute atomic E-state index is 1.20. The Hall–Kier alpha value is -3.37. The molecule has 0 unspecified atom stereocenters. The van der Waals surface area contributed by atoms with E-state index in [9.17, 15) is 0 Å². The van der Waals surface area contributed by atoms with Gasteiger partial charge in [-0.1, -0.05) is 78.9 Å². The first-order valence-electron chi connectivity index (χ1n) is 10.8. The Balaban J connectivity index is 1.66. The Morgan fingerprint density at radius 2 is 0.969 bits per heavy atom. The lowest BCUT2D eigenvalue weighted by molar-refractivity contribution is 1.19.